The zero-order valence-corrected chi connectivity index (χ0v) is 13.6. The maximum absolute atomic E-state index is 12.0. The van der Waals surface area contributed by atoms with Gasteiger partial charge < -0.3 is 25.3 Å². The monoisotopic (exact) mass is 352 g/mol. The summed E-state index contributed by atoms with van der Waals surface area (Å²) in [7, 11) is 0. The lowest BCUT2D eigenvalue weighted by atomic mass is 10.1. The molecule has 2 aliphatic rings. The number of primary amides is 1. The summed E-state index contributed by atoms with van der Waals surface area (Å²) in [6, 6.07) is 0. The zero-order valence-electron chi connectivity index (χ0n) is 12.8. The standard InChI is InChI=1S/C15H16N2O6S/c16-13(19)12-8-2-1-3-10(8)24-14(12)17-11(18)7-23-15(20)9-6-21-4-5-22-9/h6H,1-5,7H2,(H2,16,19)(H,17,18). The van der Waals surface area contributed by atoms with Crippen molar-refractivity contribution in [1.82, 2.24) is 0 Å². The van der Waals surface area contributed by atoms with E-state index in [1.165, 1.54) is 11.3 Å². The third kappa shape index (κ3) is 3.35. The number of amides is 2. The predicted molar refractivity (Wildman–Crippen MR) is 84.4 cm³/mol. The van der Waals surface area contributed by atoms with Crippen molar-refractivity contribution in [2.75, 3.05) is 25.1 Å². The maximum atomic E-state index is 12.0. The van der Waals surface area contributed by atoms with Crippen molar-refractivity contribution >= 4 is 34.1 Å². The van der Waals surface area contributed by atoms with E-state index in [1.54, 1.807) is 0 Å². The topological polar surface area (TPSA) is 117 Å². The van der Waals surface area contributed by atoms with Crippen molar-refractivity contribution < 1.29 is 28.6 Å². The van der Waals surface area contributed by atoms with Crippen LogP contribution in [0.3, 0.4) is 0 Å². The van der Waals surface area contributed by atoms with Gasteiger partial charge in [0.25, 0.3) is 11.8 Å². The van der Waals surface area contributed by atoms with Gasteiger partial charge in [-0.05, 0) is 24.8 Å². The van der Waals surface area contributed by atoms with Crippen molar-refractivity contribution in [2.24, 2.45) is 5.73 Å². The molecule has 2 amide bonds. The van der Waals surface area contributed by atoms with Gasteiger partial charge >= 0.3 is 5.97 Å². The van der Waals surface area contributed by atoms with Gasteiger partial charge in [0.15, 0.2) is 6.61 Å². The molecule has 0 atom stereocenters. The van der Waals surface area contributed by atoms with Gasteiger partial charge in [-0.3, -0.25) is 9.59 Å². The third-order valence-electron chi connectivity index (χ3n) is 3.61. The first-order chi connectivity index (χ1) is 11.6. The van der Waals surface area contributed by atoms with Gasteiger partial charge in [-0.2, -0.15) is 0 Å². The van der Waals surface area contributed by atoms with Crippen LogP contribution in [0.25, 0.3) is 0 Å². The lowest BCUT2D eigenvalue weighted by Gasteiger charge is -2.14. The number of anilines is 1. The number of carbonyl (C=O) groups is 3. The highest BCUT2D eigenvalue weighted by Crippen LogP contribution is 2.38. The molecule has 0 saturated carbocycles. The Bertz CT molecular complexity index is 724. The average Bonchev–Trinajstić information content (AvgIpc) is 3.13. The Morgan fingerprint density at radius 1 is 1.29 bits per heavy atom. The Morgan fingerprint density at radius 3 is 2.83 bits per heavy atom. The second-order valence-electron chi connectivity index (χ2n) is 5.25. The molecule has 0 radical (unpaired) electrons. The molecule has 1 aliphatic heterocycles. The minimum atomic E-state index is -0.784. The minimum absolute atomic E-state index is 0.0815. The van der Waals surface area contributed by atoms with Gasteiger partial charge in [0.1, 0.15) is 24.5 Å². The summed E-state index contributed by atoms with van der Waals surface area (Å²) in [5.74, 6) is -1.99. The van der Waals surface area contributed by atoms with E-state index < -0.39 is 24.4 Å². The molecule has 0 unspecified atom stereocenters. The SMILES string of the molecule is NC(=O)c1c(NC(=O)COC(=O)C2=COCCO2)sc2c1CCC2. The van der Waals surface area contributed by atoms with E-state index >= 15 is 0 Å². The van der Waals surface area contributed by atoms with Crippen LogP contribution in [0.1, 0.15) is 27.2 Å². The largest absolute Gasteiger partial charge is 0.493 e. The van der Waals surface area contributed by atoms with E-state index in [2.05, 4.69) is 5.32 Å². The maximum Gasteiger partial charge on any atom is 0.377 e. The number of hydrogen-bond donors (Lipinski definition) is 2. The van der Waals surface area contributed by atoms with E-state index in [9.17, 15) is 14.4 Å². The van der Waals surface area contributed by atoms with Crippen LogP contribution in [0.5, 0.6) is 0 Å². The fourth-order valence-corrected chi connectivity index (χ4v) is 3.90. The summed E-state index contributed by atoms with van der Waals surface area (Å²) in [4.78, 5) is 36.4. The number of fused-ring (bicyclic) bond motifs is 1. The van der Waals surface area contributed by atoms with E-state index in [0.717, 1.165) is 36.0 Å². The lowest BCUT2D eigenvalue weighted by molar-refractivity contribution is -0.148. The Hall–Kier alpha value is -2.55. The molecule has 0 saturated heterocycles. The normalized spacial score (nSPS) is 15.6. The number of carbonyl (C=O) groups excluding carboxylic acids is 3. The van der Waals surface area contributed by atoms with Crippen LogP contribution >= 0.6 is 11.3 Å². The zero-order chi connectivity index (χ0) is 17.1. The number of nitrogens with one attached hydrogen (secondary N) is 1. The van der Waals surface area contributed by atoms with Gasteiger partial charge in [0, 0.05) is 4.88 Å². The Labute approximate surface area is 141 Å². The Kier molecular flexibility index (Phi) is 4.70. The molecule has 1 aromatic rings. The van der Waals surface area contributed by atoms with Gasteiger partial charge in [-0.25, -0.2) is 4.79 Å². The number of ether oxygens (including phenoxy) is 3. The summed E-state index contributed by atoms with van der Waals surface area (Å²) >= 11 is 1.34. The molecule has 1 aromatic heterocycles. The lowest BCUT2D eigenvalue weighted by Crippen LogP contribution is -2.24. The highest BCUT2D eigenvalue weighted by atomic mass is 32.1. The second-order valence-corrected chi connectivity index (χ2v) is 6.36. The van der Waals surface area contributed by atoms with Crippen molar-refractivity contribution in [1.29, 1.82) is 0 Å². The highest BCUT2D eigenvalue weighted by molar-refractivity contribution is 7.17. The van der Waals surface area contributed by atoms with Gasteiger partial charge in [0.05, 0.1) is 5.56 Å². The fraction of sp³-hybridized carbons (Fsp3) is 0.400. The molecule has 0 bridgehead atoms. The summed E-state index contributed by atoms with van der Waals surface area (Å²) in [6.45, 7) is 0.104. The number of hydrogen-bond acceptors (Lipinski definition) is 7. The van der Waals surface area contributed by atoms with E-state index in [1.807, 2.05) is 0 Å². The fourth-order valence-electron chi connectivity index (χ4n) is 2.59. The minimum Gasteiger partial charge on any atom is -0.493 e. The summed E-state index contributed by atoms with van der Waals surface area (Å²) in [5.41, 5.74) is 6.70. The van der Waals surface area contributed by atoms with E-state index in [4.69, 9.17) is 19.9 Å². The third-order valence-corrected chi connectivity index (χ3v) is 4.81. The molecule has 128 valence electrons. The average molecular weight is 352 g/mol. The van der Waals surface area contributed by atoms with Gasteiger partial charge in [0.2, 0.25) is 5.76 Å². The summed E-state index contributed by atoms with van der Waals surface area (Å²) in [5, 5.41) is 3.00. The molecule has 8 nitrogen and oxygen atoms in total. The van der Waals surface area contributed by atoms with E-state index in [0.29, 0.717) is 17.2 Å². The molecule has 3 rings (SSSR count). The second kappa shape index (κ2) is 6.91. The van der Waals surface area contributed by atoms with Crippen LogP contribution in [-0.4, -0.2) is 37.6 Å². The van der Waals surface area contributed by atoms with Crippen LogP contribution in [0.15, 0.2) is 12.0 Å². The Balaban J connectivity index is 1.60. The number of esters is 1. The van der Waals surface area contributed by atoms with E-state index in [-0.39, 0.29) is 12.4 Å². The first-order valence-corrected chi connectivity index (χ1v) is 8.24. The summed E-state index contributed by atoms with van der Waals surface area (Å²) in [6.07, 6.45) is 3.78. The van der Waals surface area contributed by atoms with Gasteiger partial charge in [-0.1, -0.05) is 0 Å². The van der Waals surface area contributed by atoms with Gasteiger partial charge in [-0.15, -0.1) is 11.3 Å². The molecule has 0 fully saturated rings. The molecule has 9 heteroatoms. The van der Waals surface area contributed by atoms with Crippen molar-refractivity contribution in [3.8, 4) is 0 Å². The summed E-state index contributed by atoms with van der Waals surface area (Å²) < 4.78 is 14.9. The number of nitrogens with two attached hydrogens (primary N) is 1. The Morgan fingerprint density at radius 2 is 2.12 bits per heavy atom. The molecule has 0 aromatic carbocycles. The van der Waals surface area contributed by atoms with Crippen molar-refractivity contribution in [3.05, 3.63) is 28.0 Å². The molecule has 24 heavy (non-hydrogen) atoms. The van der Waals surface area contributed by atoms with Crippen LogP contribution in [0.4, 0.5) is 5.00 Å². The van der Waals surface area contributed by atoms with Crippen LogP contribution < -0.4 is 11.1 Å². The van der Waals surface area contributed by atoms with Crippen LogP contribution in [0, 0.1) is 0 Å². The first kappa shape index (κ1) is 16.3. The highest BCUT2D eigenvalue weighted by Gasteiger charge is 2.26. The van der Waals surface area contributed by atoms with Crippen molar-refractivity contribution in [3.63, 3.8) is 0 Å². The molecule has 1 aliphatic carbocycles. The number of thiophene rings is 1. The predicted octanol–water partition coefficient (Wildman–Crippen LogP) is 0.706. The van der Waals surface area contributed by atoms with Crippen LogP contribution in [0.2, 0.25) is 0 Å². The van der Waals surface area contributed by atoms with Crippen LogP contribution in [-0.2, 0) is 36.6 Å². The molecule has 3 N–H and O–H groups in total. The number of aryl methyl sites for hydroxylation is 1. The molecular weight excluding hydrogens is 336 g/mol. The smallest absolute Gasteiger partial charge is 0.377 e. The molecule has 2 heterocycles. The molecule has 0 spiro atoms. The quantitative estimate of drug-likeness (QED) is 0.754. The number of rotatable bonds is 5. The molecular formula is C15H16N2O6S. The first-order valence-electron chi connectivity index (χ1n) is 7.42. The van der Waals surface area contributed by atoms with Crippen molar-refractivity contribution in [2.45, 2.75) is 19.3 Å².